The number of carbonyl (C=O) groups excluding carboxylic acids is 3. The second-order valence-electron chi connectivity index (χ2n) is 13.0. The standard InChI is InChI=1S/C30H45ClN4O7/c1-7-30(5,6)42-28(40)33-23(18-11-9-8-10-12-18)25(36)34-24(29(2,3)4)26(37)35-17-20(15-21(35)27(38)39)41-22-14-13-19(31)16-32-22/h13-14,16,18,20-21,23-24H,7-12,15,17H2,1-6H3,(H,33,40)(H,34,36)(H,38,39)/t20-,21+,23+,24-/m1/s1. The number of carboxylic acid groups (broad SMARTS) is 1. The predicted molar refractivity (Wildman–Crippen MR) is 157 cm³/mol. The average Bonchev–Trinajstić information content (AvgIpc) is 3.35. The summed E-state index contributed by atoms with van der Waals surface area (Å²) in [6.45, 7) is 10.9. The van der Waals surface area contributed by atoms with Crippen LogP contribution in [-0.2, 0) is 19.1 Å². The van der Waals surface area contributed by atoms with Gasteiger partial charge in [-0.15, -0.1) is 0 Å². The first kappa shape index (κ1) is 33.4. The molecule has 1 saturated carbocycles. The summed E-state index contributed by atoms with van der Waals surface area (Å²) in [6, 6.07) is 0.0813. The van der Waals surface area contributed by atoms with E-state index < -0.39 is 59.1 Å². The molecule has 0 bridgehead atoms. The molecule has 2 aliphatic rings. The summed E-state index contributed by atoms with van der Waals surface area (Å²) in [4.78, 5) is 58.2. The molecule has 3 amide bonds. The summed E-state index contributed by atoms with van der Waals surface area (Å²) >= 11 is 5.90. The first-order chi connectivity index (χ1) is 19.6. The maximum absolute atomic E-state index is 14.0. The molecule has 42 heavy (non-hydrogen) atoms. The van der Waals surface area contributed by atoms with Gasteiger partial charge in [0, 0.05) is 18.7 Å². The lowest BCUT2D eigenvalue weighted by Gasteiger charge is -2.37. The molecule has 1 aromatic heterocycles. The maximum atomic E-state index is 14.0. The molecule has 4 atom stereocenters. The van der Waals surface area contributed by atoms with E-state index in [1.54, 1.807) is 46.8 Å². The number of likely N-dealkylation sites (tertiary alicyclic amines) is 1. The van der Waals surface area contributed by atoms with Crippen molar-refractivity contribution in [3.63, 3.8) is 0 Å². The zero-order valence-corrected chi connectivity index (χ0v) is 26.2. The molecule has 1 aliphatic heterocycles. The minimum absolute atomic E-state index is 0.00524. The van der Waals surface area contributed by atoms with E-state index in [9.17, 15) is 24.3 Å². The number of rotatable bonds is 10. The number of hydrogen-bond acceptors (Lipinski definition) is 7. The van der Waals surface area contributed by atoms with Gasteiger partial charge < -0.3 is 30.1 Å². The van der Waals surface area contributed by atoms with E-state index in [4.69, 9.17) is 21.1 Å². The zero-order valence-electron chi connectivity index (χ0n) is 25.4. The Kier molecular flexibility index (Phi) is 11.1. The quantitative estimate of drug-likeness (QED) is 0.350. The van der Waals surface area contributed by atoms with Gasteiger partial charge in [-0.05, 0) is 50.5 Å². The van der Waals surface area contributed by atoms with Crippen molar-refractivity contribution < 1.29 is 33.8 Å². The molecule has 1 aliphatic carbocycles. The van der Waals surface area contributed by atoms with Gasteiger partial charge in [0.05, 0.1) is 11.6 Å². The van der Waals surface area contributed by atoms with Crippen LogP contribution in [0.5, 0.6) is 5.88 Å². The average molecular weight is 609 g/mol. The van der Waals surface area contributed by atoms with Crippen LogP contribution in [0.4, 0.5) is 4.79 Å². The van der Waals surface area contributed by atoms with E-state index >= 15 is 0 Å². The second-order valence-corrected chi connectivity index (χ2v) is 13.4. The van der Waals surface area contributed by atoms with Crippen LogP contribution >= 0.6 is 11.6 Å². The van der Waals surface area contributed by atoms with E-state index in [2.05, 4.69) is 15.6 Å². The Morgan fingerprint density at radius 3 is 2.31 bits per heavy atom. The summed E-state index contributed by atoms with van der Waals surface area (Å²) in [5, 5.41) is 16.1. The van der Waals surface area contributed by atoms with Crippen molar-refractivity contribution in [3.8, 4) is 5.88 Å². The molecule has 2 fully saturated rings. The van der Waals surface area contributed by atoms with E-state index in [0.29, 0.717) is 11.4 Å². The third-order valence-electron chi connectivity index (χ3n) is 8.12. The number of aromatic nitrogens is 1. The Bertz CT molecular complexity index is 1120. The molecule has 0 aromatic carbocycles. The Morgan fingerprint density at radius 2 is 1.76 bits per heavy atom. The lowest BCUT2D eigenvalue weighted by atomic mass is 9.82. The fraction of sp³-hybridized carbons (Fsp3) is 0.700. The number of aliphatic carboxylic acids is 1. The molecule has 234 valence electrons. The number of alkyl carbamates (subject to hydrolysis) is 1. The van der Waals surface area contributed by atoms with Crippen molar-refractivity contribution >= 4 is 35.5 Å². The number of carboxylic acids is 1. The molecule has 2 heterocycles. The van der Waals surface area contributed by atoms with Gasteiger partial charge in [0.25, 0.3) is 0 Å². The van der Waals surface area contributed by atoms with Gasteiger partial charge in [0.1, 0.15) is 29.8 Å². The Morgan fingerprint density at radius 1 is 1.10 bits per heavy atom. The highest BCUT2D eigenvalue weighted by Gasteiger charge is 2.46. The highest BCUT2D eigenvalue weighted by Crippen LogP contribution is 2.30. The van der Waals surface area contributed by atoms with Gasteiger partial charge in [-0.2, -0.15) is 0 Å². The second kappa shape index (κ2) is 13.9. The number of ether oxygens (including phenoxy) is 2. The van der Waals surface area contributed by atoms with Gasteiger partial charge in [-0.1, -0.05) is 58.6 Å². The summed E-state index contributed by atoms with van der Waals surface area (Å²) in [6.07, 6.45) is 5.22. The highest BCUT2D eigenvalue weighted by molar-refractivity contribution is 6.30. The number of carbonyl (C=O) groups is 4. The van der Waals surface area contributed by atoms with Crippen molar-refractivity contribution in [1.29, 1.82) is 0 Å². The van der Waals surface area contributed by atoms with Gasteiger partial charge in [0.2, 0.25) is 17.7 Å². The molecule has 12 heteroatoms. The third-order valence-corrected chi connectivity index (χ3v) is 8.34. The first-order valence-electron chi connectivity index (χ1n) is 14.7. The predicted octanol–water partition coefficient (Wildman–Crippen LogP) is 4.56. The highest BCUT2D eigenvalue weighted by atomic mass is 35.5. The van der Waals surface area contributed by atoms with Gasteiger partial charge >= 0.3 is 12.1 Å². The molecule has 3 N–H and O–H groups in total. The maximum Gasteiger partial charge on any atom is 0.408 e. The molecule has 0 spiro atoms. The van der Waals surface area contributed by atoms with Crippen molar-refractivity contribution in [2.75, 3.05) is 6.54 Å². The van der Waals surface area contributed by atoms with E-state index in [0.717, 1.165) is 32.1 Å². The topological polar surface area (TPSA) is 147 Å². The van der Waals surface area contributed by atoms with Crippen LogP contribution in [0, 0.1) is 11.3 Å². The molecule has 1 aromatic rings. The number of hydrogen-bond donors (Lipinski definition) is 3. The van der Waals surface area contributed by atoms with Crippen LogP contribution < -0.4 is 15.4 Å². The summed E-state index contributed by atoms with van der Waals surface area (Å²) in [5.74, 6) is -2.04. The molecule has 0 radical (unpaired) electrons. The van der Waals surface area contributed by atoms with Crippen LogP contribution in [0.15, 0.2) is 18.3 Å². The van der Waals surface area contributed by atoms with Crippen LogP contribution in [0.1, 0.15) is 86.5 Å². The smallest absolute Gasteiger partial charge is 0.408 e. The van der Waals surface area contributed by atoms with E-state index in [-0.39, 0.29) is 24.8 Å². The molecule has 1 saturated heterocycles. The summed E-state index contributed by atoms with van der Waals surface area (Å²) in [5.41, 5.74) is -1.47. The van der Waals surface area contributed by atoms with Gasteiger partial charge in [-0.3, -0.25) is 9.59 Å². The Labute approximate surface area is 253 Å². The fourth-order valence-corrected chi connectivity index (χ4v) is 5.47. The van der Waals surface area contributed by atoms with Crippen molar-refractivity contribution in [3.05, 3.63) is 23.4 Å². The van der Waals surface area contributed by atoms with Crippen LogP contribution in [-0.4, -0.2) is 75.2 Å². The molecular formula is C30H45ClN4O7. The summed E-state index contributed by atoms with van der Waals surface area (Å²) in [7, 11) is 0. The summed E-state index contributed by atoms with van der Waals surface area (Å²) < 4.78 is 11.4. The number of nitrogens with one attached hydrogen (secondary N) is 2. The molecular weight excluding hydrogens is 564 g/mol. The third kappa shape index (κ3) is 8.96. The van der Waals surface area contributed by atoms with Crippen LogP contribution in [0.2, 0.25) is 5.02 Å². The number of amides is 3. The number of pyridine rings is 1. The Balaban J connectivity index is 1.81. The first-order valence-corrected chi connectivity index (χ1v) is 15.1. The normalized spacial score (nSPS) is 21.3. The number of halogens is 1. The largest absolute Gasteiger partial charge is 0.480 e. The van der Waals surface area contributed by atoms with Crippen molar-refractivity contribution in [2.24, 2.45) is 11.3 Å². The van der Waals surface area contributed by atoms with Gasteiger partial charge in [-0.25, -0.2) is 14.6 Å². The molecule has 0 unspecified atom stereocenters. The SMILES string of the molecule is CCC(C)(C)OC(=O)N[C@H](C(=O)N[C@H](C(=O)N1C[C@H](Oc2ccc(Cl)cn2)C[C@H]1C(=O)O)C(C)(C)C)C1CCCCC1. The molecule has 11 nitrogen and oxygen atoms in total. The lowest BCUT2D eigenvalue weighted by Crippen LogP contribution is -2.61. The van der Waals surface area contributed by atoms with Crippen LogP contribution in [0.3, 0.4) is 0 Å². The van der Waals surface area contributed by atoms with E-state index in [1.807, 2.05) is 6.92 Å². The van der Waals surface area contributed by atoms with Crippen molar-refractivity contribution in [2.45, 2.75) is 116 Å². The van der Waals surface area contributed by atoms with E-state index in [1.165, 1.54) is 11.1 Å². The Hall–Kier alpha value is -3.08. The zero-order chi connectivity index (χ0) is 31.2. The minimum atomic E-state index is -1.17. The van der Waals surface area contributed by atoms with Crippen molar-refractivity contribution in [1.82, 2.24) is 20.5 Å². The van der Waals surface area contributed by atoms with Gasteiger partial charge in [0.15, 0.2) is 0 Å². The fourth-order valence-electron chi connectivity index (χ4n) is 5.35. The monoisotopic (exact) mass is 608 g/mol. The van der Waals surface area contributed by atoms with Crippen LogP contribution in [0.25, 0.3) is 0 Å². The lowest BCUT2D eigenvalue weighted by molar-refractivity contribution is -0.151. The number of nitrogens with zero attached hydrogens (tertiary/aromatic N) is 2. The minimum Gasteiger partial charge on any atom is -0.480 e. The molecule has 3 rings (SSSR count).